The van der Waals surface area contributed by atoms with E-state index in [-0.39, 0.29) is 23.4 Å². The van der Waals surface area contributed by atoms with Gasteiger partial charge in [0, 0.05) is 31.5 Å². The number of sulfonamides is 1. The monoisotopic (exact) mass is 326 g/mol. The summed E-state index contributed by atoms with van der Waals surface area (Å²) in [7, 11) is -3.15. The first kappa shape index (κ1) is 16.8. The molecule has 1 amide bonds. The Morgan fingerprint density at radius 3 is 2.68 bits per heavy atom. The zero-order valence-electron chi connectivity index (χ0n) is 12.7. The van der Waals surface area contributed by atoms with Crippen molar-refractivity contribution in [3.63, 3.8) is 0 Å². The smallest absolute Gasteiger partial charge is 0.271 e. The molecule has 1 N–H and O–H groups in total. The predicted octanol–water partition coefficient (Wildman–Crippen LogP) is 0.801. The average molecular weight is 326 g/mol. The van der Waals surface area contributed by atoms with E-state index in [1.807, 2.05) is 6.92 Å². The molecule has 1 saturated heterocycles. The van der Waals surface area contributed by atoms with Crippen LogP contribution in [0.2, 0.25) is 0 Å². The molecule has 0 aromatic carbocycles. The SMILES string of the molecule is CCCCS(=O)(=O)N1CCC(NC(=O)c2cnccn2)CC1. The Morgan fingerprint density at radius 1 is 1.36 bits per heavy atom. The van der Waals surface area contributed by atoms with Crippen LogP contribution < -0.4 is 5.32 Å². The van der Waals surface area contributed by atoms with E-state index >= 15 is 0 Å². The van der Waals surface area contributed by atoms with Crippen LogP contribution in [-0.4, -0.2) is 53.5 Å². The largest absolute Gasteiger partial charge is 0.348 e. The van der Waals surface area contributed by atoms with Gasteiger partial charge in [0.15, 0.2) is 0 Å². The quantitative estimate of drug-likeness (QED) is 0.835. The molecule has 2 rings (SSSR count). The Bertz CT molecular complexity index is 583. The second-order valence-electron chi connectivity index (χ2n) is 5.41. The Balaban J connectivity index is 1.84. The van der Waals surface area contributed by atoms with Gasteiger partial charge in [0.1, 0.15) is 5.69 Å². The van der Waals surface area contributed by atoms with Crippen molar-refractivity contribution in [3.05, 3.63) is 24.3 Å². The molecule has 1 aromatic rings. The lowest BCUT2D eigenvalue weighted by molar-refractivity contribution is 0.0918. The summed E-state index contributed by atoms with van der Waals surface area (Å²) in [6.07, 6.45) is 7.19. The van der Waals surface area contributed by atoms with Crippen LogP contribution in [0, 0.1) is 0 Å². The van der Waals surface area contributed by atoms with Crippen LogP contribution in [0.15, 0.2) is 18.6 Å². The molecule has 22 heavy (non-hydrogen) atoms. The Morgan fingerprint density at radius 2 is 2.09 bits per heavy atom. The number of aromatic nitrogens is 2. The van der Waals surface area contributed by atoms with Crippen molar-refractivity contribution >= 4 is 15.9 Å². The highest BCUT2D eigenvalue weighted by Gasteiger charge is 2.28. The molecule has 0 unspecified atom stereocenters. The molecular formula is C14H22N4O3S. The Kier molecular flexibility index (Phi) is 5.84. The summed E-state index contributed by atoms with van der Waals surface area (Å²) < 4.78 is 25.8. The molecule has 8 heteroatoms. The molecule has 2 heterocycles. The fraction of sp³-hybridized carbons (Fsp3) is 0.643. The van der Waals surface area contributed by atoms with Gasteiger partial charge in [-0.05, 0) is 19.3 Å². The van der Waals surface area contributed by atoms with Crippen LogP contribution >= 0.6 is 0 Å². The minimum absolute atomic E-state index is 0.0212. The van der Waals surface area contributed by atoms with Gasteiger partial charge in [0.2, 0.25) is 10.0 Å². The van der Waals surface area contributed by atoms with Crippen molar-refractivity contribution in [1.29, 1.82) is 0 Å². The van der Waals surface area contributed by atoms with Gasteiger partial charge in [-0.1, -0.05) is 13.3 Å². The number of piperidine rings is 1. The molecule has 1 aromatic heterocycles. The summed E-state index contributed by atoms with van der Waals surface area (Å²) in [6.45, 7) is 2.89. The van der Waals surface area contributed by atoms with E-state index in [0.717, 1.165) is 6.42 Å². The summed E-state index contributed by atoms with van der Waals surface area (Å²) in [5.41, 5.74) is 0.278. The molecule has 1 aliphatic heterocycles. The minimum atomic E-state index is -3.15. The molecule has 0 saturated carbocycles. The molecule has 0 aliphatic carbocycles. The molecule has 0 bridgehead atoms. The third-order valence-corrected chi connectivity index (χ3v) is 5.69. The van der Waals surface area contributed by atoms with Gasteiger partial charge in [-0.3, -0.25) is 9.78 Å². The molecule has 1 fully saturated rings. The predicted molar refractivity (Wildman–Crippen MR) is 82.8 cm³/mol. The lowest BCUT2D eigenvalue weighted by Crippen LogP contribution is -2.47. The Labute approximate surface area is 131 Å². The molecule has 0 radical (unpaired) electrons. The highest BCUT2D eigenvalue weighted by Crippen LogP contribution is 2.15. The normalized spacial score (nSPS) is 17.3. The maximum atomic E-state index is 12.1. The van der Waals surface area contributed by atoms with E-state index in [4.69, 9.17) is 0 Å². The number of unbranched alkanes of at least 4 members (excludes halogenated alkanes) is 1. The van der Waals surface area contributed by atoms with Crippen LogP contribution in [0.4, 0.5) is 0 Å². The van der Waals surface area contributed by atoms with Gasteiger partial charge in [0.05, 0.1) is 11.9 Å². The first-order chi connectivity index (χ1) is 10.5. The van der Waals surface area contributed by atoms with Gasteiger partial charge in [-0.15, -0.1) is 0 Å². The highest BCUT2D eigenvalue weighted by atomic mass is 32.2. The van der Waals surface area contributed by atoms with E-state index in [2.05, 4.69) is 15.3 Å². The van der Waals surface area contributed by atoms with Gasteiger partial charge in [0.25, 0.3) is 5.91 Å². The number of amides is 1. The van der Waals surface area contributed by atoms with E-state index in [1.54, 1.807) is 0 Å². The van der Waals surface area contributed by atoms with E-state index in [9.17, 15) is 13.2 Å². The summed E-state index contributed by atoms with van der Waals surface area (Å²) in [5, 5.41) is 2.89. The summed E-state index contributed by atoms with van der Waals surface area (Å²) in [6, 6.07) is -0.0212. The first-order valence-electron chi connectivity index (χ1n) is 7.57. The topological polar surface area (TPSA) is 92.3 Å². The van der Waals surface area contributed by atoms with Gasteiger partial charge in [-0.2, -0.15) is 0 Å². The van der Waals surface area contributed by atoms with Gasteiger partial charge in [-0.25, -0.2) is 17.7 Å². The molecular weight excluding hydrogens is 304 g/mol. The number of nitrogens with zero attached hydrogens (tertiary/aromatic N) is 3. The van der Waals surface area contributed by atoms with Crippen LogP contribution in [0.5, 0.6) is 0 Å². The fourth-order valence-electron chi connectivity index (χ4n) is 2.41. The number of carbonyl (C=O) groups excluding carboxylic acids is 1. The van der Waals surface area contributed by atoms with Crippen molar-refractivity contribution in [2.45, 2.75) is 38.6 Å². The Hall–Kier alpha value is -1.54. The number of nitrogens with one attached hydrogen (secondary N) is 1. The number of carbonyl (C=O) groups is 1. The highest BCUT2D eigenvalue weighted by molar-refractivity contribution is 7.89. The number of rotatable bonds is 6. The molecule has 0 spiro atoms. The zero-order chi connectivity index (χ0) is 16.0. The maximum Gasteiger partial charge on any atom is 0.271 e. The fourth-order valence-corrected chi connectivity index (χ4v) is 4.09. The average Bonchev–Trinajstić information content (AvgIpc) is 2.54. The first-order valence-corrected chi connectivity index (χ1v) is 9.18. The second kappa shape index (κ2) is 7.64. The standard InChI is InChI=1S/C14H22N4O3S/c1-2-3-10-22(20,21)18-8-4-12(5-9-18)17-14(19)13-11-15-6-7-16-13/h6-7,11-12H,2-5,8-10H2,1H3,(H,17,19). The van der Waals surface area contributed by atoms with Gasteiger partial charge < -0.3 is 5.32 Å². The maximum absolute atomic E-state index is 12.1. The number of hydrogen-bond acceptors (Lipinski definition) is 5. The van der Waals surface area contributed by atoms with E-state index < -0.39 is 10.0 Å². The number of hydrogen-bond donors (Lipinski definition) is 1. The van der Waals surface area contributed by atoms with Crippen molar-refractivity contribution in [3.8, 4) is 0 Å². The van der Waals surface area contributed by atoms with E-state index in [1.165, 1.54) is 22.9 Å². The lowest BCUT2D eigenvalue weighted by atomic mass is 10.1. The molecule has 0 atom stereocenters. The van der Waals surface area contributed by atoms with Gasteiger partial charge >= 0.3 is 0 Å². The summed E-state index contributed by atoms with van der Waals surface area (Å²) in [4.78, 5) is 19.8. The third kappa shape index (κ3) is 4.48. The van der Waals surface area contributed by atoms with Crippen LogP contribution in [0.25, 0.3) is 0 Å². The third-order valence-electron chi connectivity index (χ3n) is 3.73. The van der Waals surface area contributed by atoms with E-state index in [0.29, 0.717) is 32.4 Å². The van der Waals surface area contributed by atoms with Crippen molar-refractivity contribution in [2.24, 2.45) is 0 Å². The summed E-state index contributed by atoms with van der Waals surface area (Å²) >= 11 is 0. The lowest BCUT2D eigenvalue weighted by Gasteiger charge is -2.31. The van der Waals surface area contributed by atoms with Crippen molar-refractivity contribution in [1.82, 2.24) is 19.6 Å². The molecule has 7 nitrogen and oxygen atoms in total. The van der Waals surface area contributed by atoms with Crippen molar-refractivity contribution in [2.75, 3.05) is 18.8 Å². The van der Waals surface area contributed by atoms with Crippen molar-refractivity contribution < 1.29 is 13.2 Å². The zero-order valence-corrected chi connectivity index (χ0v) is 13.6. The molecule has 1 aliphatic rings. The molecule has 122 valence electrons. The summed E-state index contributed by atoms with van der Waals surface area (Å²) in [5.74, 6) is -0.0551. The van der Waals surface area contributed by atoms with Crippen LogP contribution in [-0.2, 0) is 10.0 Å². The van der Waals surface area contributed by atoms with Crippen LogP contribution in [0.1, 0.15) is 43.1 Å². The second-order valence-corrected chi connectivity index (χ2v) is 7.50. The minimum Gasteiger partial charge on any atom is -0.348 e. The van der Waals surface area contributed by atoms with Crippen LogP contribution in [0.3, 0.4) is 0 Å².